The van der Waals surface area contributed by atoms with E-state index in [9.17, 15) is 4.79 Å². The fraction of sp³-hybridized carbons (Fsp3) is 0.250. The second-order valence-electron chi connectivity index (χ2n) is 2.34. The smallest absolute Gasteiger partial charge is 0.235 e. The van der Waals surface area contributed by atoms with E-state index in [2.05, 4.69) is 32.9 Å². The number of carbonyl (C=O) groups is 1. The molecule has 1 amide bonds. The van der Waals surface area contributed by atoms with Gasteiger partial charge in [-0.15, -0.1) is 0 Å². The highest BCUT2D eigenvalue weighted by Crippen LogP contribution is 2.07. The summed E-state index contributed by atoms with van der Waals surface area (Å²) in [5, 5.41) is 2.70. The lowest BCUT2D eigenvalue weighted by molar-refractivity contribution is -0.113. The Bertz CT molecular complexity index is 289. The number of amides is 1. The summed E-state index contributed by atoms with van der Waals surface area (Å²) in [7, 11) is 0. The van der Waals surface area contributed by atoms with Crippen LogP contribution in [0.4, 0.5) is 5.82 Å². The summed E-state index contributed by atoms with van der Waals surface area (Å²) < 4.78 is 1.06. The Morgan fingerprint density at radius 1 is 1.69 bits per heavy atom. The molecular formula is C8H9IN2OS. The van der Waals surface area contributed by atoms with Crippen molar-refractivity contribution < 1.29 is 4.79 Å². The fourth-order valence-corrected chi connectivity index (χ4v) is 1.41. The van der Waals surface area contributed by atoms with Gasteiger partial charge < -0.3 is 5.32 Å². The minimum Gasteiger partial charge on any atom is -0.310 e. The first-order valence-corrected chi connectivity index (χ1v) is 6.10. The second kappa shape index (κ2) is 5.43. The monoisotopic (exact) mass is 308 g/mol. The van der Waals surface area contributed by atoms with Crippen LogP contribution in [0.1, 0.15) is 0 Å². The summed E-state index contributed by atoms with van der Waals surface area (Å²) >= 11 is 3.66. The first-order chi connectivity index (χ1) is 6.22. The molecule has 0 radical (unpaired) electrons. The highest BCUT2D eigenvalue weighted by atomic mass is 127. The van der Waals surface area contributed by atoms with E-state index in [1.165, 1.54) is 11.8 Å². The van der Waals surface area contributed by atoms with E-state index < -0.39 is 0 Å². The zero-order valence-corrected chi connectivity index (χ0v) is 10.1. The number of carbonyl (C=O) groups excluding carboxylic acids is 1. The van der Waals surface area contributed by atoms with Crippen LogP contribution in [-0.2, 0) is 4.79 Å². The highest BCUT2D eigenvalue weighted by Gasteiger charge is 2.00. The molecule has 0 saturated carbocycles. The van der Waals surface area contributed by atoms with Gasteiger partial charge in [-0.2, -0.15) is 11.8 Å². The predicted octanol–water partition coefficient (Wildman–Crippen LogP) is 1.99. The SMILES string of the molecule is CSCC(=O)Nc1ccc(I)cn1. The summed E-state index contributed by atoms with van der Waals surface area (Å²) in [6.45, 7) is 0. The van der Waals surface area contributed by atoms with Gasteiger partial charge in [0.05, 0.1) is 5.75 Å². The largest absolute Gasteiger partial charge is 0.310 e. The van der Waals surface area contributed by atoms with Crippen molar-refractivity contribution in [3.63, 3.8) is 0 Å². The number of aromatic nitrogens is 1. The van der Waals surface area contributed by atoms with Crippen LogP contribution in [0.25, 0.3) is 0 Å². The number of anilines is 1. The van der Waals surface area contributed by atoms with Gasteiger partial charge in [-0.3, -0.25) is 4.79 Å². The van der Waals surface area contributed by atoms with Crippen molar-refractivity contribution >= 4 is 46.1 Å². The molecule has 1 N–H and O–H groups in total. The van der Waals surface area contributed by atoms with Gasteiger partial charge in [0.25, 0.3) is 0 Å². The Morgan fingerprint density at radius 3 is 3.00 bits per heavy atom. The number of hydrogen-bond donors (Lipinski definition) is 1. The van der Waals surface area contributed by atoms with Gasteiger partial charge in [-0.05, 0) is 41.0 Å². The lowest BCUT2D eigenvalue weighted by Crippen LogP contribution is -2.14. The first kappa shape index (κ1) is 10.8. The maximum absolute atomic E-state index is 11.1. The van der Waals surface area contributed by atoms with Crippen LogP contribution in [-0.4, -0.2) is 22.9 Å². The van der Waals surface area contributed by atoms with Crippen molar-refractivity contribution in [2.75, 3.05) is 17.3 Å². The Labute approximate surface area is 94.8 Å². The maximum atomic E-state index is 11.1. The van der Waals surface area contributed by atoms with Crippen LogP contribution in [0.3, 0.4) is 0 Å². The Hall–Kier alpha value is -0.300. The third-order valence-electron chi connectivity index (χ3n) is 1.27. The zero-order chi connectivity index (χ0) is 9.68. The van der Waals surface area contributed by atoms with Crippen molar-refractivity contribution in [3.05, 3.63) is 21.9 Å². The number of nitrogens with zero attached hydrogens (tertiary/aromatic N) is 1. The van der Waals surface area contributed by atoms with Crippen LogP contribution < -0.4 is 5.32 Å². The second-order valence-corrected chi connectivity index (χ2v) is 4.45. The molecule has 0 spiro atoms. The Kier molecular flexibility index (Phi) is 4.51. The van der Waals surface area contributed by atoms with E-state index in [0.717, 1.165) is 3.57 Å². The summed E-state index contributed by atoms with van der Waals surface area (Å²) in [6, 6.07) is 3.70. The minimum atomic E-state index is -0.0128. The average molecular weight is 308 g/mol. The third-order valence-corrected chi connectivity index (χ3v) is 2.46. The molecule has 70 valence electrons. The Morgan fingerprint density at radius 2 is 2.46 bits per heavy atom. The topological polar surface area (TPSA) is 42.0 Å². The molecule has 0 fully saturated rings. The van der Waals surface area contributed by atoms with Gasteiger partial charge in [-0.25, -0.2) is 4.98 Å². The van der Waals surface area contributed by atoms with E-state index >= 15 is 0 Å². The number of rotatable bonds is 3. The molecule has 0 saturated heterocycles. The van der Waals surface area contributed by atoms with Crippen molar-refractivity contribution in [1.82, 2.24) is 4.98 Å². The number of hydrogen-bond acceptors (Lipinski definition) is 3. The molecule has 1 aromatic heterocycles. The molecule has 0 atom stereocenters. The number of nitrogens with one attached hydrogen (secondary N) is 1. The van der Waals surface area contributed by atoms with E-state index in [1.54, 1.807) is 12.3 Å². The minimum absolute atomic E-state index is 0.0128. The molecule has 0 aliphatic carbocycles. The first-order valence-electron chi connectivity index (χ1n) is 3.62. The molecule has 0 unspecified atom stereocenters. The quantitative estimate of drug-likeness (QED) is 0.868. The molecule has 1 aromatic rings. The zero-order valence-electron chi connectivity index (χ0n) is 7.08. The summed E-state index contributed by atoms with van der Waals surface area (Å²) in [5.41, 5.74) is 0. The van der Waals surface area contributed by atoms with E-state index in [4.69, 9.17) is 0 Å². The normalized spacial score (nSPS) is 9.69. The van der Waals surface area contributed by atoms with E-state index in [-0.39, 0.29) is 5.91 Å². The molecular weight excluding hydrogens is 299 g/mol. The van der Waals surface area contributed by atoms with Gasteiger partial charge >= 0.3 is 0 Å². The van der Waals surface area contributed by atoms with Crippen molar-refractivity contribution in [1.29, 1.82) is 0 Å². The summed E-state index contributed by atoms with van der Waals surface area (Å²) in [4.78, 5) is 15.2. The molecule has 0 bridgehead atoms. The lowest BCUT2D eigenvalue weighted by atomic mass is 10.4. The summed E-state index contributed by atoms with van der Waals surface area (Å²) in [6.07, 6.45) is 3.61. The van der Waals surface area contributed by atoms with E-state index in [1.807, 2.05) is 12.3 Å². The van der Waals surface area contributed by atoms with Gasteiger partial charge in [-0.1, -0.05) is 0 Å². The predicted molar refractivity (Wildman–Crippen MR) is 64.0 cm³/mol. The molecule has 13 heavy (non-hydrogen) atoms. The third kappa shape index (κ3) is 3.95. The Balaban J connectivity index is 2.54. The van der Waals surface area contributed by atoms with Crippen LogP contribution >= 0.6 is 34.4 Å². The standard InChI is InChI=1S/C8H9IN2OS/c1-13-5-8(12)11-7-3-2-6(9)4-10-7/h2-4H,5H2,1H3,(H,10,11,12). The van der Waals surface area contributed by atoms with Gasteiger partial charge in [0, 0.05) is 9.77 Å². The fourth-order valence-electron chi connectivity index (χ4n) is 0.760. The molecule has 0 aliphatic heterocycles. The lowest BCUT2D eigenvalue weighted by Gasteiger charge is -2.01. The number of pyridine rings is 1. The molecule has 1 rings (SSSR count). The maximum Gasteiger partial charge on any atom is 0.235 e. The van der Waals surface area contributed by atoms with Crippen molar-refractivity contribution in [2.24, 2.45) is 0 Å². The van der Waals surface area contributed by atoms with Crippen molar-refractivity contribution in [2.45, 2.75) is 0 Å². The number of halogens is 1. The van der Waals surface area contributed by atoms with Crippen LogP contribution in [0.2, 0.25) is 0 Å². The molecule has 3 nitrogen and oxygen atoms in total. The summed E-state index contributed by atoms with van der Waals surface area (Å²) in [5.74, 6) is 1.06. The van der Waals surface area contributed by atoms with Crippen LogP contribution in [0.5, 0.6) is 0 Å². The number of thioether (sulfide) groups is 1. The van der Waals surface area contributed by atoms with Gasteiger partial charge in [0.1, 0.15) is 5.82 Å². The van der Waals surface area contributed by atoms with Crippen LogP contribution in [0, 0.1) is 3.57 Å². The van der Waals surface area contributed by atoms with Gasteiger partial charge in [0.15, 0.2) is 0 Å². The molecule has 5 heteroatoms. The van der Waals surface area contributed by atoms with Crippen LogP contribution in [0.15, 0.2) is 18.3 Å². The molecule has 0 aromatic carbocycles. The highest BCUT2D eigenvalue weighted by molar-refractivity contribution is 14.1. The van der Waals surface area contributed by atoms with E-state index in [0.29, 0.717) is 11.6 Å². The van der Waals surface area contributed by atoms with Crippen molar-refractivity contribution in [3.8, 4) is 0 Å². The average Bonchev–Trinajstić information content (AvgIpc) is 2.09. The molecule has 0 aliphatic rings. The molecule has 1 heterocycles. The van der Waals surface area contributed by atoms with Gasteiger partial charge in [0.2, 0.25) is 5.91 Å².